The first kappa shape index (κ1) is 12.2. The van der Waals surface area contributed by atoms with Gasteiger partial charge >= 0.3 is 5.97 Å². The van der Waals surface area contributed by atoms with Crippen molar-refractivity contribution < 1.29 is 9.90 Å². The van der Waals surface area contributed by atoms with Crippen molar-refractivity contribution >= 4 is 17.5 Å². The molecule has 8 nitrogen and oxygen atoms in total. The van der Waals surface area contributed by atoms with Crippen LogP contribution in [0.25, 0.3) is 10.7 Å². The van der Waals surface area contributed by atoms with Crippen LogP contribution in [0, 0.1) is 5.41 Å². The van der Waals surface area contributed by atoms with Crippen LogP contribution in [0.1, 0.15) is 25.7 Å². The molecule has 2 aromatic heterocycles. The second kappa shape index (κ2) is 4.65. The molecule has 0 amide bonds. The Balaban J connectivity index is 1.92. The molecule has 1 aliphatic rings. The van der Waals surface area contributed by atoms with Gasteiger partial charge in [-0.25, -0.2) is 4.68 Å². The zero-order valence-electron chi connectivity index (χ0n) is 10.1. The van der Waals surface area contributed by atoms with Gasteiger partial charge < -0.3 is 5.11 Å². The maximum absolute atomic E-state index is 11.5. The van der Waals surface area contributed by atoms with Gasteiger partial charge in [-0.3, -0.25) is 4.79 Å². The van der Waals surface area contributed by atoms with Gasteiger partial charge in [0.05, 0.1) is 18.2 Å². The van der Waals surface area contributed by atoms with Gasteiger partial charge in [0.2, 0.25) is 0 Å². The quantitative estimate of drug-likeness (QED) is 0.884. The van der Waals surface area contributed by atoms with Crippen molar-refractivity contribution in [1.82, 2.24) is 29.8 Å². The molecule has 0 radical (unpaired) electrons. The minimum Gasteiger partial charge on any atom is -0.481 e. The minimum absolute atomic E-state index is 0.294. The Hall–Kier alpha value is -1.90. The van der Waals surface area contributed by atoms with E-state index in [1.807, 2.05) is 0 Å². The Bertz CT molecular complexity index is 575. The minimum atomic E-state index is -0.770. The molecule has 0 unspecified atom stereocenters. The molecular weight excluding hydrogens is 268 g/mol. The van der Waals surface area contributed by atoms with E-state index in [0.29, 0.717) is 25.2 Å². The van der Waals surface area contributed by atoms with E-state index in [-0.39, 0.29) is 0 Å². The molecule has 0 aliphatic heterocycles. The standard InChI is InChI=1S/C10H12N6O2S/c17-9(18)10(3-1-2-4-10)6-16-8(12-13-14-16)7-5-11-15-19-7/h5H,1-4,6H2,(H,17,18). The number of rotatable bonds is 4. The summed E-state index contributed by atoms with van der Waals surface area (Å²) in [5.41, 5.74) is -0.748. The number of hydrogen-bond acceptors (Lipinski definition) is 7. The number of carboxylic acid groups (broad SMARTS) is 1. The number of carboxylic acids is 1. The Morgan fingerprint density at radius 1 is 1.47 bits per heavy atom. The maximum atomic E-state index is 11.5. The molecule has 1 fully saturated rings. The van der Waals surface area contributed by atoms with Gasteiger partial charge in [-0.2, -0.15) is 0 Å². The highest BCUT2D eigenvalue weighted by Gasteiger charge is 2.42. The van der Waals surface area contributed by atoms with E-state index in [1.54, 1.807) is 10.9 Å². The number of tetrazole rings is 1. The van der Waals surface area contributed by atoms with E-state index >= 15 is 0 Å². The highest BCUT2D eigenvalue weighted by atomic mass is 32.1. The molecule has 0 bridgehead atoms. The van der Waals surface area contributed by atoms with Crippen LogP contribution in [-0.2, 0) is 11.3 Å². The predicted octanol–water partition coefficient (Wildman–Crippen LogP) is 0.837. The summed E-state index contributed by atoms with van der Waals surface area (Å²) in [7, 11) is 0. The van der Waals surface area contributed by atoms with E-state index < -0.39 is 11.4 Å². The fraction of sp³-hybridized carbons (Fsp3) is 0.600. The molecule has 19 heavy (non-hydrogen) atoms. The molecule has 3 rings (SSSR count). The highest BCUT2D eigenvalue weighted by Crippen LogP contribution is 2.40. The highest BCUT2D eigenvalue weighted by molar-refractivity contribution is 7.09. The zero-order valence-corrected chi connectivity index (χ0v) is 10.9. The van der Waals surface area contributed by atoms with Crippen LogP contribution in [-0.4, -0.2) is 40.9 Å². The van der Waals surface area contributed by atoms with Crippen molar-refractivity contribution in [2.45, 2.75) is 32.2 Å². The van der Waals surface area contributed by atoms with Crippen molar-refractivity contribution in [3.63, 3.8) is 0 Å². The molecule has 100 valence electrons. The first-order valence-corrected chi connectivity index (χ1v) is 6.76. The molecule has 0 spiro atoms. The summed E-state index contributed by atoms with van der Waals surface area (Å²) >= 11 is 1.19. The normalized spacial score (nSPS) is 17.7. The predicted molar refractivity (Wildman–Crippen MR) is 65.3 cm³/mol. The van der Waals surface area contributed by atoms with E-state index in [4.69, 9.17) is 0 Å². The maximum Gasteiger partial charge on any atom is 0.311 e. The van der Waals surface area contributed by atoms with E-state index in [9.17, 15) is 9.90 Å². The number of carbonyl (C=O) groups is 1. The van der Waals surface area contributed by atoms with Crippen LogP contribution in [0.3, 0.4) is 0 Å². The SMILES string of the molecule is O=C(O)C1(Cn2nnnc2-c2cnns2)CCCC1. The van der Waals surface area contributed by atoms with Gasteiger partial charge in [0.25, 0.3) is 0 Å². The fourth-order valence-corrected chi connectivity index (χ4v) is 3.04. The molecule has 9 heteroatoms. The third-order valence-electron chi connectivity index (χ3n) is 3.58. The lowest BCUT2D eigenvalue weighted by molar-refractivity contribution is -0.149. The van der Waals surface area contributed by atoms with Gasteiger partial charge in [0, 0.05) is 0 Å². The molecule has 1 aliphatic carbocycles. The molecule has 2 aromatic rings. The summed E-state index contributed by atoms with van der Waals surface area (Å²) in [6.45, 7) is 0.294. The molecule has 1 N–H and O–H groups in total. The molecule has 0 aromatic carbocycles. The topological polar surface area (TPSA) is 107 Å². The Kier molecular flexibility index (Phi) is 2.97. The van der Waals surface area contributed by atoms with E-state index in [0.717, 1.165) is 17.7 Å². The zero-order chi connectivity index (χ0) is 13.3. The lowest BCUT2D eigenvalue weighted by Crippen LogP contribution is -2.33. The number of hydrogen-bond donors (Lipinski definition) is 1. The van der Waals surface area contributed by atoms with Crippen LogP contribution in [0.15, 0.2) is 6.20 Å². The van der Waals surface area contributed by atoms with Gasteiger partial charge in [-0.1, -0.05) is 17.3 Å². The van der Waals surface area contributed by atoms with E-state index in [2.05, 4.69) is 25.1 Å². The average molecular weight is 280 g/mol. The van der Waals surface area contributed by atoms with Crippen molar-refractivity contribution in [3.05, 3.63) is 6.20 Å². The van der Waals surface area contributed by atoms with Crippen molar-refractivity contribution in [3.8, 4) is 10.7 Å². The van der Waals surface area contributed by atoms with Crippen LogP contribution in [0.4, 0.5) is 0 Å². The lowest BCUT2D eigenvalue weighted by Gasteiger charge is -2.23. The third kappa shape index (κ3) is 2.09. The lowest BCUT2D eigenvalue weighted by atomic mass is 9.86. The molecule has 2 heterocycles. The average Bonchev–Trinajstić information content (AvgIpc) is 3.09. The number of nitrogens with zero attached hydrogens (tertiary/aromatic N) is 6. The molecular formula is C10H12N6O2S. The Labute approximate surface area is 112 Å². The van der Waals surface area contributed by atoms with E-state index in [1.165, 1.54) is 11.5 Å². The monoisotopic (exact) mass is 280 g/mol. The molecule has 0 atom stereocenters. The van der Waals surface area contributed by atoms with Gasteiger partial charge in [0.15, 0.2) is 5.82 Å². The Morgan fingerprint density at radius 2 is 2.26 bits per heavy atom. The summed E-state index contributed by atoms with van der Waals surface area (Å²) in [6.07, 6.45) is 4.79. The van der Waals surface area contributed by atoms with Gasteiger partial charge in [-0.05, 0) is 34.8 Å². The first-order chi connectivity index (χ1) is 9.21. The summed E-state index contributed by atoms with van der Waals surface area (Å²) in [5.74, 6) is -0.239. The Morgan fingerprint density at radius 3 is 2.89 bits per heavy atom. The van der Waals surface area contributed by atoms with Crippen LogP contribution in [0.5, 0.6) is 0 Å². The van der Waals surface area contributed by atoms with Crippen molar-refractivity contribution in [2.24, 2.45) is 5.41 Å². The van der Waals surface area contributed by atoms with Crippen molar-refractivity contribution in [2.75, 3.05) is 0 Å². The van der Waals surface area contributed by atoms with Crippen molar-refractivity contribution in [1.29, 1.82) is 0 Å². The summed E-state index contributed by atoms with van der Waals surface area (Å²) in [4.78, 5) is 12.3. The number of aliphatic carboxylic acids is 1. The largest absolute Gasteiger partial charge is 0.481 e. The summed E-state index contributed by atoms with van der Waals surface area (Å²) < 4.78 is 5.32. The fourth-order valence-electron chi connectivity index (χ4n) is 2.53. The second-order valence-electron chi connectivity index (χ2n) is 4.73. The smallest absolute Gasteiger partial charge is 0.311 e. The molecule has 1 saturated carbocycles. The molecule has 0 saturated heterocycles. The first-order valence-electron chi connectivity index (χ1n) is 5.99. The van der Waals surface area contributed by atoms with Crippen LogP contribution in [0.2, 0.25) is 0 Å². The number of aromatic nitrogens is 6. The van der Waals surface area contributed by atoms with Crippen LogP contribution < -0.4 is 0 Å². The third-order valence-corrected chi connectivity index (χ3v) is 4.24. The van der Waals surface area contributed by atoms with Gasteiger partial charge in [-0.15, -0.1) is 10.2 Å². The van der Waals surface area contributed by atoms with Gasteiger partial charge in [0.1, 0.15) is 4.88 Å². The van der Waals surface area contributed by atoms with Crippen LogP contribution >= 0.6 is 11.5 Å². The summed E-state index contributed by atoms with van der Waals surface area (Å²) in [5, 5.41) is 24.7. The second-order valence-corrected chi connectivity index (χ2v) is 5.52. The summed E-state index contributed by atoms with van der Waals surface area (Å²) in [6, 6.07) is 0.